The Bertz CT molecular complexity index is 1300. The first-order chi connectivity index (χ1) is 15.1. The third-order valence-electron chi connectivity index (χ3n) is 5.49. The molecule has 0 saturated heterocycles. The number of aryl methyl sites for hydroxylation is 1. The van der Waals surface area contributed by atoms with Gasteiger partial charge in [-0.05, 0) is 53.3 Å². The van der Waals surface area contributed by atoms with E-state index in [1.165, 1.54) is 0 Å². The van der Waals surface area contributed by atoms with Crippen molar-refractivity contribution in [2.45, 2.75) is 20.0 Å². The van der Waals surface area contributed by atoms with Crippen LogP contribution < -0.4 is 15.6 Å². The number of benzene rings is 3. The van der Waals surface area contributed by atoms with Gasteiger partial charge in [0.05, 0.1) is 24.7 Å². The zero-order chi connectivity index (χ0) is 21.8. The smallest absolute Gasteiger partial charge is 0.262 e. The summed E-state index contributed by atoms with van der Waals surface area (Å²) in [7, 11) is 1.63. The fourth-order valence-electron chi connectivity index (χ4n) is 3.66. The molecule has 164 valence electrons. The van der Waals surface area contributed by atoms with E-state index in [4.69, 9.17) is 10.1 Å². The third kappa shape index (κ3) is 4.84. The molecule has 4 aromatic rings. The van der Waals surface area contributed by atoms with Crippen LogP contribution in [0.3, 0.4) is 0 Å². The lowest BCUT2D eigenvalue weighted by Gasteiger charge is -2.15. The Morgan fingerprint density at radius 2 is 1.69 bits per heavy atom. The van der Waals surface area contributed by atoms with Crippen LogP contribution in [0.2, 0.25) is 0 Å². The molecular weight excluding hydrogens is 422 g/mol. The summed E-state index contributed by atoms with van der Waals surface area (Å²) in [5, 5.41) is 12.6. The van der Waals surface area contributed by atoms with Crippen LogP contribution >= 0.6 is 12.4 Å². The van der Waals surface area contributed by atoms with Gasteiger partial charge in [-0.2, -0.15) is 0 Å². The van der Waals surface area contributed by atoms with Crippen molar-refractivity contribution in [2.24, 2.45) is 0 Å². The van der Waals surface area contributed by atoms with Gasteiger partial charge in [-0.15, -0.1) is 12.4 Å². The average Bonchev–Trinajstić information content (AvgIpc) is 2.80. The zero-order valence-corrected chi connectivity index (χ0v) is 18.9. The number of methoxy groups -OCH3 is 1. The van der Waals surface area contributed by atoms with Crippen molar-refractivity contribution in [3.05, 3.63) is 111 Å². The Kier molecular flexibility index (Phi) is 7.33. The molecule has 0 saturated carbocycles. The number of para-hydroxylation sites is 1. The van der Waals surface area contributed by atoms with Crippen molar-refractivity contribution in [2.75, 3.05) is 7.11 Å². The summed E-state index contributed by atoms with van der Waals surface area (Å²) >= 11 is 0. The predicted octanol–water partition coefficient (Wildman–Crippen LogP) is 4.90. The largest absolute Gasteiger partial charge is 0.497 e. The minimum atomic E-state index is -0.184. The molecule has 6 heteroatoms. The number of nitrogens with zero attached hydrogens (tertiary/aromatic N) is 1. The van der Waals surface area contributed by atoms with Crippen LogP contribution in [0.5, 0.6) is 5.75 Å². The Hall–Kier alpha value is -3.57. The lowest BCUT2D eigenvalue weighted by molar-refractivity contribution is 0.414. The van der Waals surface area contributed by atoms with Gasteiger partial charge in [0.2, 0.25) is 0 Å². The first-order valence-electron chi connectivity index (χ1n) is 10.2. The van der Waals surface area contributed by atoms with Crippen molar-refractivity contribution < 1.29 is 4.74 Å². The molecule has 0 radical (unpaired) electrons. The Balaban J connectivity index is 0.00000289. The lowest BCUT2D eigenvalue weighted by Crippen LogP contribution is -2.33. The van der Waals surface area contributed by atoms with Gasteiger partial charge in [0.1, 0.15) is 11.6 Å². The molecule has 0 aliphatic heterocycles. The molecule has 0 fully saturated rings. The van der Waals surface area contributed by atoms with E-state index in [0.29, 0.717) is 18.7 Å². The van der Waals surface area contributed by atoms with Gasteiger partial charge in [-0.3, -0.25) is 10.2 Å². The van der Waals surface area contributed by atoms with Gasteiger partial charge < -0.3 is 14.6 Å². The van der Waals surface area contributed by atoms with Crippen LogP contribution in [0.4, 0.5) is 0 Å². The topological polar surface area (TPSA) is 67.1 Å². The molecule has 1 aromatic heterocycles. The molecule has 3 aromatic carbocycles. The number of amidine groups is 1. The summed E-state index contributed by atoms with van der Waals surface area (Å²) in [6.45, 7) is 2.96. The summed E-state index contributed by atoms with van der Waals surface area (Å²) < 4.78 is 6.96. The predicted molar refractivity (Wildman–Crippen MR) is 132 cm³/mol. The Morgan fingerprint density at radius 3 is 2.41 bits per heavy atom. The third-order valence-corrected chi connectivity index (χ3v) is 5.49. The Labute approximate surface area is 193 Å². The number of hydrogen-bond donors (Lipinski definition) is 2. The van der Waals surface area contributed by atoms with E-state index < -0.39 is 0 Å². The minimum Gasteiger partial charge on any atom is -0.497 e. The summed E-state index contributed by atoms with van der Waals surface area (Å²) in [4.78, 5) is 13.4. The van der Waals surface area contributed by atoms with Gasteiger partial charge in [-0.1, -0.05) is 54.6 Å². The number of fused-ring (bicyclic) bond motifs is 1. The van der Waals surface area contributed by atoms with Gasteiger partial charge in [0.25, 0.3) is 5.56 Å². The molecule has 2 N–H and O–H groups in total. The average molecular weight is 448 g/mol. The molecule has 0 spiro atoms. The molecule has 0 atom stereocenters. The fourth-order valence-corrected chi connectivity index (χ4v) is 3.66. The van der Waals surface area contributed by atoms with Gasteiger partial charge in [0, 0.05) is 6.54 Å². The summed E-state index contributed by atoms with van der Waals surface area (Å²) in [5.41, 5.74) is 4.27. The molecule has 0 bridgehead atoms. The number of pyridine rings is 1. The van der Waals surface area contributed by atoms with E-state index in [1.54, 1.807) is 17.7 Å². The first kappa shape index (κ1) is 23.1. The van der Waals surface area contributed by atoms with E-state index >= 15 is 0 Å². The van der Waals surface area contributed by atoms with E-state index in [1.807, 2.05) is 79.7 Å². The molecule has 0 aliphatic rings. The zero-order valence-electron chi connectivity index (χ0n) is 18.1. The normalized spacial score (nSPS) is 10.4. The first-order valence-corrected chi connectivity index (χ1v) is 10.2. The molecule has 32 heavy (non-hydrogen) atoms. The molecule has 4 rings (SSSR count). The van der Waals surface area contributed by atoms with E-state index in [2.05, 4.69) is 5.32 Å². The van der Waals surface area contributed by atoms with Crippen molar-refractivity contribution in [1.29, 1.82) is 5.41 Å². The highest BCUT2D eigenvalue weighted by Crippen LogP contribution is 2.17. The van der Waals surface area contributed by atoms with Crippen LogP contribution in [0, 0.1) is 12.3 Å². The maximum atomic E-state index is 13.4. The standard InChI is InChI=1S/C26H25N3O2.ClH/c1-18-7-3-4-9-21(18)16-28-25(27)23-15-20-8-5-6-10-24(20)29(26(23)30)17-19-11-13-22(31-2)14-12-19;/h3-15H,16-17H2,1-2H3,(H2,27,28);1H. The van der Waals surface area contributed by atoms with Crippen molar-refractivity contribution in [3.8, 4) is 5.75 Å². The lowest BCUT2D eigenvalue weighted by atomic mass is 10.1. The summed E-state index contributed by atoms with van der Waals surface area (Å²) in [5.74, 6) is 0.902. The van der Waals surface area contributed by atoms with Crippen LogP contribution in [0.1, 0.15) is 22.3 Å². The second kappa shape index (κ2) is 10.2. The second-order valence-corrected chi connectivity index (χ2v) is 7.51. The maximum absolute atomic E-state index is 13.4. The second-order valence-electron chi connectivity index (χ2n) is 7.51. The van der Waals surface area contributed by atoms with Crippen LogP contribution in [-0.2, 0) is 13.1 Å². The maximum Gasteiger partial charge on any atom is 0.262 e. The van der Waals surface area contributed by atoms with Crippen LogP contribution in [-0.4, -0.2) is 17.5 Å². The molecule has 5 nitrogen and oxygen atoms in total. The quantitative estimate of drug-likeness (QED) is 0.326. The molecule has 0 amide bonds. The van der Waals surface area contributed by atoms with Crippen molar-refractivity contribution in [1.82, 2.24) is 9.88 Å². The van der Waals surface area contributed by atoms with Crippen molar-refractivity contribution in [3.63, 3.8) is 0 Å². The van der Waals surface area contributed by atoms with Crippen LogP contribution in [0.25, 0.3) is 10.9 Å². The summed E-state index contributed by atoms with van der Waals surface area (Å²) in [6, 6.07) is 25.3. The molecule has 1 heterocycles. The van der Waals surface area contributed by atoms with E-state index in [9.17, 15) is 4.79 Å². The van der Waals surface area contributed by atoms with Crippen molar-refractivity contribution >= 4 is 29.1 Å². The SMILES string of the molecule is COc1ccc(Cn2c(=O)c(C(=N)NCc3ccccc3C)cc3ccccc32)cc1.Cl. The Morgan fingerprint density at radius 1 is 1.00 bits per heavy atom. The molecule has 0 aliphatic carbocycles. The number of hydrogen-bond acceptors (Lipinski definition) is 3. The van der Waals surface area contributed by atoms with E-state index in [0.717, 1.165) is 33.3 Å². The highest BCUT2D eigenvalue weighted by Gasteiger charge is 2.14. The highest BCUT2D eigenvalue weighted by molar-refractivity contribution is 5.99. The van der Waals surface area contributed by atoms with Gasteiger partial charge in [-0.25, -0.2) is 0 Å². The highest BCUT2D eigenvalue weighted by atomic mass is 35.5. The van der Waals surface area contributed by atoms with Crippen LogP contribution in [0.15, 0.2) is 83.7 Å². The monoisotopic (exact) mass is 447 g/mol. The number of aromatic nitrogens is 1. The minimum absolute atomic E-state index is 0. The fraction of sp³-hybridized carbons (Fsp3) is 0.154. The molecule has 0 unspecified atom stereocenters. The number of ether oxygens (including phenoxy) is 1. The number of rotatable bonds is 6. The molecular formula is C26H26ClN3O2. The van der Waals surface area contributed by atoms with Gasteiger partial charge >= 0.3 is 0 Å². The summed E-state index contributed by atoms with van der Waals surface area (Å²) in [6.07, 6.45) is 0. The van der Waals surface area contributed by atoms with Gasteiger partial charge in [0.15, 0.2) is 0 Å². The number of halogens is 1. The van der Waals surface area contributed by atoms with E-state index in [-0.39, 0.29) is 23.8 Å². The number of nitrogens with one attached hydrogen (secondary N) is 2.